The van der Waals surface area contributed by atoms with E-state index in [0.717, 1.165) is 23.3 Å². The van der Waals surface area contributed by atoms with E-state index in [1.807, 2.05) is 23.3 Å². The number of hydrogen-bond donors (Lipinski definition) is 0. The number of carbonyl (C=O) groups is 1. The van der Waals surface area contributed by atoms with Crippen LogP contribution < -0.4 is 0 Å². The van der Waals surface area contributed by atoms with Crippen molar-refractivity contribution in [2.45, 2.75) is 44.8 Å². The van der Waals surface area contributed by atoms with Crippen LogP contribution in [0.25, 0.3) is 0 Å². The van der Waals surface area contributed by atoms with Gasteiger partial charge in [-0.15, -0.1) is 21.5 Å². The second kappa shape index (κ2) is 5.72. The highest BCUT2D eigenvalue weighted by Crippen LogP contribution is 2.37. The molecule has 4 rings (SSSR count). The van der Waals surface area contributed by atoms with Crippen LogP contribution in [0.15, 0.2) is 15.9 Å². The first-order valence-electron chi connectivity index (χ1n) is 7.90. The molecule has 2 aliphatic rings. The maximum Gasteiger partial charge on any atom is 0.264 e. The molecule has 2 aliphatic heterocycles. The zero-order chi connectivity index (χ0) is 16.0. The van der Waals surface area contributed by atoms with Gasteiger partial charge in [0.15, 0.2) is 0 Å². The van der Waals surface area contributed by atoms with Gasteiger partial charge < -0.3 is 14.1 Å². The van der Waals surface area contributed by atoms with Crippen LogP contribution in [0.5, 0.6) is 0 Å². The number of amides is 1. The van der Waals surface area contributed by atoms with Crippen molar-refractivity contribution in [3.05, 3.63) is 33.7 Å². The molecule has 7 heteroatoms. The molecule has 4 heterocycles. The molecule has 0 bridgehead atoms. The maximum atomic E-state index is 13.0. The molecule has 0 spiro atoms. The van der Waals surface area contributed by atoms with Gasteiger partial charge in [-0.1, -0.05) is 0 Å². The second-order valence-corrected chi connectivity index (χ2v) is 7.16. The van der Waals surface area contributed by atoms with Crippen molar-refractivity contribution in [2.24, 2.45) is 0 Å². The number of thiophene rings is 1. The summed E-state index contributed by atoms with van der Waals surface area (Å²) in [4.78, 5) is 15.8. The molecule has 6 nitrogen and oxygen atoms in total. The first kappa shape index (κ1) is 14.8. The molecule has 0 unspecified atom stereocenters. The zero-order valence-corrected chi connectivity index (χ0v) is 14.0. The van der Waals surface area contributed by atoms with Crippen molar-refractivity contribution in [2.75, 3.05) is 13.2 Å². The monoisotopic (exact) mass is 333 g/mol. The minimum Gasteiger partial charge on any atom is -0.425 e. The fourth-order valence-corrected chi connectivity index (χ4v) is 4.44. The SMILES string of the molecule is Cc1nnc([C@@H]2C[C@H]3OCC[C@H]3N(C(=O)c3sccc3C)C2)o1. The van der Waals surface area contributed by atoms with Gasteiger partial charge in [-0.3, -0.25) is 4.79 Å². The number of aryl methyl sites for hydroxylation is 2. The van der Waals surface area contributed by atoms with Crippen LogP contribution in [-0.4, -0.2) is 46.3 Å². The molecule has 2 aromatic rings. The number of carbonyl (C=O) groups excluding carboxylic acids is 1. The van der Waals surface area contributed by atoms with Crippen molar-refractivity contribution < 1.29 is 13.9 Å². The standard InChI is InChI=1S/C16H19N3O3S/c1-9-4-6-23-14(9)16(20)19-8-11(15-18-17-10(2)22-15)7-13-12(19)3-5-21-13/h4,6,11-13H,3,5,7-8H2,1-2H3/t11-,12-,13-/m1/s1. The van der Waals surface area contributed by atoms with Crippen molar-refractivity contribution in [3.63, 3.8) is 0 Å². The average molecular weight is 333 g/mol. The first-order chi connectivity index (χ1) is 11.1. The van der Waals surface area contributed by atoms with Crippen LogP contribution in [0.4, 0.5) is 0 Å². The van der Waals surface area contributed by atoms with E-state index in [9.17, 15) is 4.79 Å². The molecular weight excluding hydrogens is 314 g/mol. The number of piperidine rings is 1. The van der Waals surface area contributed by atoms with E-state index in [0.29, 0.717) is 24.9 Å². The van der Waals surface area contributed by atoms with Crippen LogP contribution >= 0.6 is 11.3 Å². The summed E-state index contributed by atoms with van der Waals surface area (Å²) < 4.78 is 11.5. The Morgan fingerprint density at radius 1 is 1.39 bits per heavy atom. The van der Waals surface area contributed by atoms with Gasteiger partial charge in [0.05, 0.1) is 22.9 Å². The summed E-state index contributed by atoms with van der Waals surface area (Å²) in [5, 5.41) is 10.0. The summed E-state index contributed by atoms with van der Waals surface area (Å²) in [5.41, 5.74) is 1.03. The lowest BCUT2D eigenvalue weighted by molar-refractivity contribution is 0.0132. The molecule has 2 aromatic heterocycles. The van der Waals surface area contributed by atoms with Crippen molar-refractivity contribution in [1.29, 1.82) is 0 Å². The molecule has 0 saturated carbocycles. The highest BCUT2D eigenvalue weighted by molar-refractivity contribution is 7.12. The molecule has 0 radical (unpaired) electrons. The molecule has 2 saturated heterocycles. The summed E-state index contributed by atoms with van der Waals surface area (Å²) in [6.07, 6.45) is 1.79. The minimum absolute atomic E-state index is 0.0415. The van der Waals surface area contributed by atoms with E-state index in [1.165, 1.54) is 11.3 Å². The van der Waals surface area contributed by atoms with Gasteiger partial charge in [-0.05, 0) is 36.8 Å². The fraction of sp³-hybridized carbons (Fsp3) is 0.562. The Bertz CT molecular complexity index is 726. The van der Waals surface area contributed by atoms with Gasteiger partial charge in [-0.2, -0.15) is 0 Å². The van der Waals surface area contributed by atoms with Crippen LogP contribution in [-0.2, 0) is 4.74 Å². The van der Waals surface area contributed by atoms with E-state index < -0.39 is 0 Å². The topological polar surface area (TPSA) is 68.5 Å². The Kier molecular flexibility index (Phi) is 3.69. The van der Waals surface area contributed by atoms with E-state index in [1.54, 1.807) is 6.92 Å². The molecule has 23 heavy (non-hydrogen) atoms. The van der Waals surface area contributed by atoms with Gasteiger partial charge in [0, 0.05) is 20.1 Å². The average Bonchev–Trinajstić information content (AvgIpc) is 3.25. The van der Waals surface area contributed by atoms with Gasteiger partial charge in [0.2, 0.25) is 11.8 Å². The van der Waals surface area contributed by atoms with Crippen molar-refractivity contribution in [1.82, 2.24) is 15.1 Å². The Balaban J connectivity index is 1.63. The van der Waals surface area contributed by atoms with E-state index >= 15 is 0 Å². The summed E-state index contributed by atoms with van der Waals surface area (Å²) >= 11 is 1.50. The summed E-state index contributed by atoms with van der Waals surface area (Å²) in [5.74, 6) is 1.30. The second-order valence-electron chi connectivity index (χ2n) is 6.25. The smallest absolute Gasteiger partial charge is 0.264 e. The molecule has 2 fully saturated rings. The number of ether oxygens (including phenoxy) is 1. The molecule has 122 valence electrons. The number of hydrogen-bond acceptors (Lipinski definition) is 6. The predicted octanol–water partition coefficient (Wildman–Crippen LogP) is 2.54. The van der Waals surface area contributed by atoms with Crippen molar-refractivity contribution in [3.8, 4) is 0 Å². The van der Waals surface area contributed by atoms with Gasteiger partial charge >= 0.3 is 0 Å². The van der Waals surface area contributed by atoms with Gasteiger partial charge in [0.1, 0.15) is 0 Å². The third kappa shape index (κ3) is 2.57. The number of nitrogens with zero attached hydrogens (tertiary/aromatic N) is 3. The highest BCUT2D eigenvalue weighted by Gasteiger charge is 2.44. The molecular formula is C16H19N3O3S. The van der Waals surface area contributed by atoms with E-state index in [4.69, 9.17) is 9.15 Å². The quantitative estimate of drug-likeness (QED) is 0.845. The van der Waals surface area contributed by atoms with E-state index in [2.05, 4.69) is 10.2 Å². The largest absolute Gasteiger partial charge is 0.425 e. The first-order valence-corrected chi connectivity index (χ1v) is 8.78. The molecule has 1 amide bonds. The highest BCUT2D eigenvalue weighted by atomic mass is 32.1. The third-order valence-electron chi connectivity index (χ3n) is 4.72. The summed E-state index contributed by atoms with van der Waals surface area (Å²) in [6.45, 7) is 5.09. The lowest BCUT2D eigenvalue weighted by atomic mass is 9.89. The lowest BCUT2D eigenvalue weighted by Gasteiger charge is -2.39. The maximum absolute atomic E-state index is 13.0. The third-order valence-corrected chi connectivity index (χ3v) is 5.72. The normalized spacial score (nSPS) is 27.2. The van der Waals surface area contributed by atoms with Gasteiger partial charge in [0.25, 0.3) is 5.91 Å². The molecule has 0 aromatic carbocycles. The number of rotatable bonds is 2. The molecule has 0 aliphatic carbocycles. The van der Waals surface area contributed by atoms with Crippen LogP contribution in [0, 0.1) is 13.8 Å². The Morgan fingerprint density at radius 2 is 2.26 bits per heavy atom. The fourth-order valence-electron chi connectivity index (χ4n) is 3.56. The number of fused-ring (bicyclic) bond motifs is 1. The van der Waals surface area contributed by atoms with Crippen LogP contribution in [0.2, 0.25) is 0 Å². The summed E-state index contributed by atoms with van der Waals surface area (Å²) in [7, 11) is 0. The van der Waals surface area contributed by atoms with Crippen molar-refractivity contribution >= 4 is 17.2 Å². The Labute approximate surface area is 138 Å². The molecule has 3 atom stereocenters. The van der Waals surface area contributed by atoms with Crippen LogP contribution in [0.3, 0.4) is 0 Å². The predicted molar refractivity (Wildman–Crippen MR) is 84.6 cm³/mol. The number of aromatic nitrogens is 2. The Morgan fingerprint density at radius 3 is 2.96 bits per heavy atom. The number of likely N-dealkylation sites (tertiary alicyclic amines) is 1. The Hall–Kier alpha value is -1.73. The minimum atomic E-state index is 0.0415. The summed E-state index contributed by atoms with van der Waals surface area (Å²) in [6, 6.07) is 2.15. The van der Waals surface area contributed by atoms with E-state index in [-0.39, 0.29) is 24.0 Å². The zero-order valence-electron chi connectivity index (χ0n) is 13.2. The lowest BCUT2D eigenvalue weighted by Crippen LogP contribution is -2.51. The van der Waals surface area contributed by atoms with Gasteiger partial charge in [-0.25, -0.2) is 0 Å². The van der Waals surface area contributed by atoms with Crippen LogP contribution in [0.1, 0.15) is 45.8 Å². The molecule has 0 N–H and O–H groups in total.